The number of carboxylic acid groups (broad SMARTS) is 1. The number of hydrogen-bond donors (Lipinski definition) is 2. The Kier molecular flexibility index (Phi) is 8.40. The Hall–Kier alpha value is -2.28. The average molecular weight is 602 g/mol. The van der Waals surface area contributed by atoms with Crippen molar-refractivity contribution in [2.45, 2.75) is 40.4 Å². The molecule has 0 bridgehead atoms. The van der Waals surface area contributed by atoms with E-state index in [2.05, 4.69) is 20.2 Å². The van der Waals surface area contributed by atoms with Gasteiger partial charge < -0.3 is 5.11 Å². The predicted octanol–water partition coefficient (Wildman–Crippen LogP) is 4.16. The molecular formula is C23H32F3N5O3Sn. The SMILES string of the molecule is CCc1cc(N2CCN(C(=O)O)C[C@@H]2COC)ccc1Nc1ncc(C(F)(F)F)[c]([Sn]([CH3])([CH3])[CH3])n1. The molecule has 35 heavy (non-hydrogen) atoms. The number of anilines is 3. The third kappa shape index (κ3) is 6.49. The minimum atomic E-state index is -4.49. The van der Waals surface area contributed by atoms with Crippen LogP contribution in [0.3, 0.4) is 0 Å². The Morgan fingerprint density at radius 1 is 1.29 bits per heavy atom. The Labute approximate surface area is 207 Å². The summed E-state index contributed by atoms with van der Waals surface area (Å²) >= 11 is -3.20. The van der Waals surface area contributed by atoms with Gasteiger partial charge in [0.15, 0.2) is 0 Å². The van der Waals surface area contributed by atoms with Crippen molar-refractivity contribution in [2.75, 3.05) is 43.6 Å². The molecule has 1 aliphatic rings. The van der Waals surface area contributed by atoms with Crippen LogP contribution in [0.15, 0.2) is 24.4 Å². The molecular weight excluding hydrogens is 570 g/mol. The van der Waals surface area contributed by atoms with E-state index in [4.69, 9.17) is 4.74 Å². The van der Waals surface area contributed by atoms with Crippen molar-refractivity contribution in [1.82, 2.24) is 14.9 Å². The van der Waals surface area contributed by atoms with Crippen molar-refractivity contribution in [2.24, 2.45) is 0 Å². The number of aryl methyl sites for hydroxylation is 1. The number of methoxy groups -OCH3 is 1. The molecule has 2 heterocycles. The Morgan fingerprint density at radius 2 is 2.00 bits per heavy atom. The molecule has 1 amide bonds. The van der Waals surface area contributed by atoms with Crippen LogP contribution in [0, 0.1) is 0 Å². The summed E-state index contributed by atoms with van der Waals surface area (Å²) in [5.41, 5.74) is 1.85. The predicted molar refractivity (Wildman–Crippen MR) is 132 cm³/mol. The number of carbonyl (C=O) groups is 1. The third-order valence-electron chi connectivity index (χ3n) is 5.96. The molecule has 1 saturated heterocycles. The molecule has 1 fully saturated rings. The number of nitrogens with one attached hydrogen (secondary N) is 1. The van der Waals surface area contributed by atoms with Crippen molar-refractivity contribution >= 4 is 45.5 Å². The van der Waals surface area contributed by atoms with Crippen molar-refractivity contribution < 1.29 is 27.8 Å². The summed E-state index contributed by atoms with van der Waals surface area (Å²) in [6.07, 6.45) is -3.89. The summed E-state index contributed by atoms with van der Waals surface area (Å²) in [5, 5.41) is 12.5. The number of piperazine rings is 1. The van der Waals surface area contributed by atoms with E-state index in [-0.39, 0.29) is 15.7 Å². The fraction of sp³-hybridized carbons (Fsp3) is 0.522. The Morgan fingerprint density at radius 3 is 2.57 bits per heavy atom. The van der Waals surface area contributed by atoms with E-state index in [0.29, 0.717) is 32.7 Å². The van der Waals surface area contributed by atoms with E-state index < -0.39 is 36.2 Å². The van der Waals surface area contributed by atoms with E-state index >= 15 is 0 Å². The van der Waals surface area contributed by atoms with Gasteiger partial charge in [0.25, 0.3) is 0 Å². The first kappa shape index (κ1) is 27.3. The third-order valence-corrected chi connectivity index (χ3v) is 11.1. The van der Waals surface area contributed by atoms with E-state index in [9.17, 15) is 23.1 Å². The van der Waals surface area contributed by atoms with Crippen molar-refractivity contribution in [1.29, 1.82) is 0 Å². The maximum atomic E-state index is 13.5. The second-order valence-electron chi connectivity index (χ2n) is 9.55. The minimum absolute atomic E-state index is 0.131. The van der Waals surface area contributed by atoms with E-state index in [1.165, 1.54) is 4.90 Å². The van der Waals surface area contributed by atoms with Gasteiger partial charge in [-0.15, -0.1) is 0 Å². The first-order chi connectivity index (χ1) is 16.3. The molecule has 2 aromatic rings. The molecule has 0 radical (unpaired) electrons. The summed E-state index contributed by atoms with van der Waals surface area (Å²) in [4.78, 5) is 28.9. The van der Waals surface area contributed by atoms with E-state index in [1.54, 1.807) is 7.11 Å². The Bertz CT molecular complexity index is 1060. The summed E-state index contributed by atoms with van der Waals surface area (Å²) in [6, 6.07) is 5.65. The van der Waals surface area contributed by atoms with Gasteiger partial charge in [0.2, 0.25) is 0 Å². The number of amides is 1. The van der Waals surface area contributed by atoms with Crippen LogP contribution in [-0.2, 0) is 17.3 Å². The summed E-state index contributed by atoms with van der Waals surface area (Å²) in [5.74, 6) is 0.148. The van der Waals surface area contributed by atoms with Crippen LogP contribution in [0.25, 0.3) is 0 Å². The van der Waals surface area contributed by atoms with Crippen molar-refractivity contribution in [3.8, 4) is 0 Å². The number of aromatic nitrogens is 2. The van der Waals surface area contributed by atoms with Crippen LogP contribution in [0.1, 0.15) is 18.1 Å². The monoisotopic (exact) mass is 603 g/mol. The van der Waals surface area contributed by atoms with Crippen LogP contribution in [0.2, 0.25) is 14.8 Å². The zero-order valence-corrected chi connectivity index (χ0v) is 23.5. The van der Waals surface area contributed by atoms with Crippen molar-refractivity contribution in [3.63, 3.8) is 0 Å². The molecule has 0 saturated carbocycles. The topological polar surface area (TPSA) is 90.8 Å². The normalized spacial score (nSPS) is 17.0. The van der Waals surface area contributed by atoms with Gasteiger partial charge in [0, 0.05) is 7.11 Å². The molecule has 3 rings (SSSR count). The number of rotatable bonds is 7. The van der Waals surface area contributed by atoms with E-state index in [0.717, 1.165) is 23.1 Å². The van der Waals surface area contributed by atoms with E-state index in [1.807, 2.05) is 39.9 Å². The molecule has 0 aliphatic carbocycles. The average Bonchev–Trinajstić information content (AvgIpc) is 2.78. The number of alkyl halides is 3. The van der Waals surface area contributed by atoms with Gasteiger partial charge in [0.1, 0.15) is 0 Å². The molecule has 1 aliphatic heterocycles. The van der Waals surface area contributed by atoms with Crippen LogP contribution >= 0.6 is 0 Å². The number of halogens is 3. The maximum absolute atomic E-state index is 13.5. The molecule has 8 nitrogen and oxygen atoms in total. The van der Waals surface area contributed by atoms with Gasteiger partial charge >= 0.3 is 191 Å². The quantitative estimate of drug-likeness (QED) is 0.461. The van der Waals surface area contributed by atoms with Gasteiger partial charge in [-0.2, -0.15) is 0 Å². The number of hydrogen-bond acceptors (Lipinski definition) is 6. The second-order valence-corrected chi connectivity index (χ2v) is 23.7. The van der Waals surface area contributed by atoms with Crippen molar-refractivity contribution in [3.05, 3.63) is 35.5 Å². The summed E-state index contributed by atoms with van der Waals surface area (Å²) in [7, 11) is 1.59. The van der Waals surface area contributed by atoms with Gasteiger partial charge in [0.05, 0.1) is 0 Å². The zero-order chi connectivity index (χ0) is 26.0. The molecule has 12 heteroatoms. The van der Waals surface area contributed by atoms with Crippen LogP contribution in [-0.4, -0.2) is 83.8 Å². The summed E-state index contributed by atoms with van der Waals surface area (Å²) in [6.45, 7) is 3.62. The zero-order valence-electron chi connectivity index (χ0n) is 20.6. The molecule has 1 aromatic heterocycles. The standard InChI is InChI=1S/C20H23F3N5O3.3CH3.Sn/c1-3-13-8-15(28-7-6-27(19(29)30)11-16(28)12-31-2)4-5-17(13)26-18-24-9-14(10-25-18)20(21,22)23;;;;/h4-5,8-9,16H,3,6-7,11-12H2,1-2H3,(H,29,30)(H,24,25,26);3*1H3;/t16-;;;;/m1..../s1. The van der Waals surface area contributed by atoms with Crippen LogP contribution < -0.4 is 13.9 Å². The first-order valence-electron chi connectivity index (χ1n) is 11.4. The Balaban J connectivity index is 1.90. The molecule has 1 atom stereocenters. The van der Waals surface area contributed by atoms with Crippen LogP contribution in [0.5, 0.6) is 0 Å². The number of benzene rings is 1. The van der Waals surface area contributed by atoms with Gasteiger partial charge in [-0.25, -0.2) is 4.79 Å². The molecule has 0 spiro atoms. The molecule has 1 aromatic carbocycles. The first-order valence-corrected chi connectivity index (χ1v) is 21.4. The van der Waals surface area contributed by atoms with Crippen LogP contribution in [0.4, 0.5) is 35.3 Å². The van der Waals surface area contributed by atoms with Gasteiger partial charge in [-0.05, 0) is 0 Å². The second kappa shape index (κ2) is 10.8. The molecule has 0 unspecified atom stereocenters. The molecule has 192 valence electrons. The fourth-order valence-corrected chi connectivity index (χ4v) is 8.37. The number of nitrogens with zero attached hydrogens (tertiary/aromatic N) is 4. The molecule has 2 N–H and O–H groups in total. The fourth-order valence-electron chi connectivity index (χ4n) is 4.22. The number of ether oxygens (including phenoxy) is 1. The summed E-state index contributed by atoms with van der Waals surface area (Å²) < 4.78 is 46.0. The van der Waals surface area contributed by atoms with Gasteiger partial charge in [-0.3, -0.25) is 0 Å². The van der Waals surface area contributed by atoms with Gasteiger partial charge in [-0.1, -0.05) is 0 Å².